The molecule has 0 saturated carbocycles. The van der Waals surface area contributed by atoms with E-state index in [0.29, 0.717) is 11.7 Å². The maximum Gasteiger partial charge on any atom is 0.234 e. The molecule has 0 saturated heterocycles. The van der Waals surface area contributed by atoms with Crippen LogP contribution in [-0.2, 0) is 11.3 Å². The van der Waals surface area contributed by atoms with Gasteiger partial charge in [0.25, 0.3) is 0 Å². The van der Waals surface area contributed by atoms with Gasteiger partial charge in [-0.15, -0.1) is 16.8 Å². The Labute approximate surface area is 169 Å². The van der Waals surface area contributed by atoms with E-state index in [1.807, 2.05) is 73.9 Å². The van der Waals surface area contributed by atoms with Crippen LogP contribution in [0.25, 0.3) is 11.4 Å². The van der Waals surface area contributed by atoms with Gasteiger partial charge >= 0.3 is 0 Å². The summed E-state index contributed by atoms with van der Waals surface area (Å²) in [6.07, 6.45) is 1.81. The number of carbonyl (C=O) groups excluding carboxylic acids is 1. The van der Waals surface area contributed by atoms with Gasteiger partial charge in [0.1, 0.15) is 0 Å². The summed E-state index contributed by atoms with van der Waals surface area (Å²) in [5.74, 6) is 0.986. The third kappa shape index (κ3) is 4.34. The van der Waals surface area contributed by atoms with Gasteiger partial charge in [-0.05, 0) is 37.5 Å². The predicted molar refractivity (Wildman–Crippen MR) is 116 cm³/mol. The van der Waals surface area contributed by atoms with Gasteiger partial charge < -0.3 is 5.32 Å². The van der Waals surface area contributed by atoms with Crippen LogP contribution in [0.5, 0.6) is 0 Å². The third-order valence-corrected chi connectivity index (χ3v) is 5.46. The molecular formula is C22H24N4OS. The van der Waals surface area contributed by atoms with Crippen molar-refractivity contribution in [3.63, 3.8) is 0 Å². The number of nitrogens with zero attached hydrogens (tertiary/aromatic N) is 3. The minimum absolute atomic E-state index is 0.0620. The Kier molecular flexibility index (Phi) is 6.31. The molecule has 0 spiro atoms. The van der Waals surface area contributed by atoms with Gasteiger partial charge in [0.15, 0.2) is 11.0 Å². The van der Waals surface area contributed by atoms with Gasteiger partial charge in [-0.1, -0.05) is 60.3 Å². The van der Waals surface area contributed by atoms with E-state index in [2.05, 4.69) is 22.1 Å². The number of para-hydroxylation sites is 1. The smallest absolute Gasteiger partial charge is 0.234 e. The van der Waals surface area contributed by atoms with Gasteiger partial charge in [0.05, 0.1) is 5.75 Å². The number of thioether (sulfide) groups is 1. The Hall–Kier alpha value is -2.86. The number of hydrogen-bond acceptors (Lipinski definition) is 4. The number of nitrogens with one attached hydrogen (secondary N) is 1. The quantitative estimate of drug-likeness (QED) is 0.464. The average molecular weight is 393 g/mol. The summed E-state index contributed by atoms with van der Waals surface area (Å²) in [4.78, 5) is 12.5. The lowest BCUT2D eigenvalue weighted by atomic mass is 10.1. The first-order valence-electron chi connectivity index (χ1n) is 9.10. The Balaban J connectivity index is 1.77. The van der Waals surface area contributed by atoms with Gasteiger partial charge in [0, 0.05) is 17.8 Å². The van der Waals surface area contributed by atoms with Crippen molar-refractivity contribution in [2.45, 2.75) is 32.5 Å². The van der Waals surface area contributed by atoms with E-state index in [9.17, 15) is 4.79 Å². The SMILES string of the molecule is C=CCn1c(SCC(=O)Nc2c(C)cccc2C)nnc1-c1ccccc1C. The van der Waals surface area contributed by atoms with E-state index in [1.165, 1.54) is 11.8 Å². The maximum absolute atomic E-state index is 12.5. The number of anilines is 1. The molecule has 1 N–H and O–H groups in total. The van der Waals surface area contributed by atoms with Crippen LogP contribution in [0.2, 0.25) is 0 Å². The number of amides is 1. The Morgan fingerprint density at radius 1 is 1.07 bits per heavy atom. The molecular weight excluding hydrogens is 368 g/mol. The Morgan fingerprint density at radius 2 is 1.75 bits per heavy atom. The molecule has 2 aromatic carbocycles. The van der Waals surface area contributed by atoms with Gasteiger partial charge in [0.2, 0.25) is 5.91 Å². The van der Waals surface area contributed by atoms with Crippen molar-refractivity contribution in [2.75, 3.05) is 11.1 Å². The minimum atomic E-state index is -0.0620. The number of benzene rings is 2. The van der Waals surface area contributed by atoms with Crippen molar-refractivity contribution in [1.29, 1.82) is 0 Å². The molecule has 3 aromatic rings. The molecule has 1 aromatic heterocycles. The highest BCUT2D eigenvalue weighted by atomic mass is 32.2. The van der Waals surface area contributed by atoms with E-state index < -0.39 is 0 Å². The van der Waals surface area contributed by atoms with E-state index >= 15 is 0 Å². The monoisotopic (exact) mass is 392 g/mol. The fourth-order valence-corrected chi connectivity index (χ4v) is 3.78. The minimum Gasteiger partial charge on any atom is -0.325 e. The number of aromatic nitrogens is 3. The highest BCUT2D eigenvalue weighted by Crippen LogP contribution is 2.27. The summed E-state index contributed by atoms with van der Waals surface area (Å²) in [5.41, 5.74) is 5.14. The number of aryl methyl sites for hydroxylation is 3. The van der Waals surface area contributed by atoms with Crippen LogP contribution in [0.3, 0.4) is 0 Å². The summed E-state index contributed by atoms with van der Waals surface area (Å²) in [5, 5.41) is 12.4. The highest BCUT2D eigenvalue weighted by molar-refractivity contribution is 7.99. The van der Waals surface area contributed by atoms with Crippen molar-refractivity contribution in [1.82, 2.24) is 14.8 Å². The van der Waals surface area contributed by atoms with Crippen LogP contribution >= 0.6 is 11.8 Å². The lowest BCUT2D eigenvalue weighted by Gasteiger charge is -2.12. The average Bonchev–Trinajstić information content (AvgIpc) is 3.06. The number of rotatable bonds is 7. The Bertz CT molecular complexity index is 989. The fraction of sp³-hybridized carbons (Fsp3) is 0.227. The molecule has 3 rings (SSSR count). The van der Waals surface area contributed by atoms with Crippen molar-refractivity contribution >= 4 is 23.4 Å². The molecule has 0 fully saturated rings. The topological polar surface area (TPSA) is 59.8 Å². The predicted octanol–water partition coefficient (Wildman–Crippen LogP) is 4.79. The maximum atomic E-state index is 12.5. The van der Waals surface area contributed by atoms with Crippen molar-refractivity contribution < 1.29 is 4.79 Å². The van der Waals surface area contributed by atoms with Crippen molar-refractivity contribution in [2.24, 2.45) is 0 Å². The zero-order valence-corrected chi connectivity index (χ0v) is 17.2. The van der Waals surface area contributed by atoms with Crippen molar-refractivity contribution in [3.8, 4) is 11.4 Å². The second-order valence-corrected chi connectivity index (χ2v) is 7.57. The molecule has 0 aliphatic rings. The molecule has 5 nitrogen and oxygen atoms in total. The second-order valence-electron chi connectivity index (χ2n) is 6.62. The van der Waals surface area contributed by atoms with E-state index in [-0.39, 0.29) is 11.7 Å². The molecule has 0 bridgehead atoms. The largest absolute Gasteiger partial charge is 0.325 e. The van der Waals surface area contributed by atoms with Crippen LogP contribution in [-0.4, -0.2) is 26.4 Å². The summed E-state index contributed by atoms with van der Waals surface area (Å²) in [6, 6.07) is 14.0. The molecule has 1 amide bonds. The molecule has 144 valence electrons. The fourth-order valence-electron chi connectivity index (χ4n) is 3.03. The molecule has 0 atom stereocenters. The van der Waals surface area contributed by atoms with Crippen LogP contribution in [0, 0.1) is 20.8 Å². The van der Waals surface area contributed by atoms with E-state index in [4.69, 9.17) is 0 Å². The first-order chi connectivity index (χ1) is 13.5. The first-order valence-corrected chi connectivity index (χ1v) is 10.1. The summed E-state index contributed by atoms with van der Waals surface area (Å²) < 4.78 is 1.99. The highest BCUT2D eigenvalue weighted by Gasteiger charge is 2.16. The zero-order valence-electron chi connectivity index (χ0n) is 16.4. The number of carbonyl (C=O) groups is 1. The van der Waals surface area contributed by atoms with Crippen LogP contribution in [0.15, 0.2) is 60.3 Å². The van der Waals surface area contributed by atoms with Gasteiger partial charge in [-0.3, -0.25) is 9.36 Å². The summed E-state index contributed by atoms with van der Waals surface area (Å²) in [7, 11) is 0. The van der Waals surface area contributed by atoms with Crippen LogP contribution < -0.4 is 5.32 Å². The lowest BCUT2D eigenvalue weighted by Crippen LogP contribution is -2.16. The normalized spacial score (nSPS) is 10.7. The van der Waals surface area contributed by atoms with E-state index in [1.54, 1.807) is 0 Å². The van der Waals surface area contributed by atoms with Crippen LogP contribution in [0.1, 0.15) is 16.7 Å². The lowest BCUT2D eigenvalue weighted by molar-refractivity contribution is -0.113. The summed E-state index contributed by atoms with van der Waals surface area (Å²) in [6.45, 7) is 10.5. The molecule has 0 aliphatic heterocycles. The first kappa shape index (κ1) is 19.9. The molecule has 28 heavy (non-hydrogen) atoms. The number of hydrogen-bond donors (Lipinski definition) is 1. The molecule has 0 aliphatic carbocycles. The van der Waals surface area contributed by atoms with Crippen molar-refractivity contribution in [3.05, 3.63) is 71.8 Å². The number of allylic oxidation sites excluding steroid dienone is 1. The molecule has 6 heteroatoms. The van der Waals surface area contributed by atoms with Gasteiger partial charge in [-0.25, -0.2) is 0 Å². The summed E-state index contributed by atoms with van der Waals surface area (Å²) >= 11 is 1.38. The standard InChI is InChI=1S/C22H24N4OS/c1-5-13-26-21(18-12-7-6-9-15(18)2)24-25-22(26)28-14-19(27)23-20-16(3)10-8-11-17(20)4/h5-12H,1,13-14H2,2-4H3,(H,23,27). The zero-order chi connectivity index (χ0) is 20.1. The second kappa shape index (κ2) is 8.89. The van der Waals surface area contributed by atoms with Gasteiger partial charge in [-0.2, -0.15) is 0 Å². The Morgan fingerprint density at radius 3 is 2.43 bits per heavy atom. The molecule has 1 heterocycles. The van der Waals surface area contributed by atoms with E-state index in [0.717, 1.165) is 33.8 Å². The molecule has 0 radical (unpaired) electrons. The van der Waals surface area contributed by atoms with Crippen LogP contribution in [0.4, 0.5) is 5.69 Å². The molecule has 0 unspecified atom stereocenters. The third-order valence-electron chi connectivity index (χ3n) is 4.49.